The Morgan fingerprint density at radius 3 is 2.39 bits per heavy atom. The maximum Gasteiger partial charge on any atom is 0.238 e. The third-order valence-electron chi connectivity index (χ3n) is 2.31. The van der Waals surface area contributed by atoms with Crippen molar-refractivity contribution in [1.29, 1.82) is 0 Å². The van der Waals surface area contributed by atoms with E-state index in [1.165, 1.54) is 18.4 Å². The first-order valence-electron chi connectivity index (χ1n) is 5.97. The molecule has 0 fully saturated rings. The standard InChI is InChI=1S/C13H23NO3S/c1-4-5-6-7-8-10-13(11-9-12-15)18(16,17)14(2)3/h4-7,11,15H,8-10,12H2,1-3H3. The van der Waals surface area contributed by atoms with Gasteiger partial charge >= 0.3 is 0 Å². The molecule has 104 valence electrons. The summed E-state index contributed by atoms with van der Waals surface area (Å²) in [4.78, 5) is 0.367. The van der Waals surface area contributed by atoms with Gasteiger partial charge in [-0.3, -0.25) is 0 Å². The van der Waals surface area contributed by atoms with Crippen LogP contribution in [0.25, 0.3) is 0 Å². The van der Waals surface area contributed by atoms with E-state index in [0.717, 1.165) is 0 Å². The Hall–Kier alpha value is -0.910. The summed E-state index contributed by atoms with van der Waals surface area (Å²) >= 11 is 0. The first kappa shape index (κ1) is 17.1. The lowest BCUT2D eigenvalue weighted by atomic mass is 10.2. The van der Waals surface area contributed by atoms with Gasteiger partial charge in [-0.1, -0.05) is 30.4 Å². The molecule has 0 atom stereocenters. The van der Waals surface area contributed by atoms with Gasteiger partial charge in [-0.15, -0.1) is 0 Å². The number of rotatable bonds is 8. The molecule has 0 aromatic carbocycles. The summed E-state index contributed by atoms with van der Waals surface area (Å²) in [7, 11) is -0.349. The highest BCUT2D eigenvalue weighted by Gasteiger charge is 2.19. The number of hydrogen-bond donors (Lipinski definition) is 1. The topological polar surface area (TPSA) is 57.6 Å². The second kappa shape index (κ2) is 9.08. The van der Waals surface area contributed by atoms with Gasteiger partial charge < -0.3 is 5.11 Å². The van der Waals surface area contributed by atoms with Crippen molar-refractivity contribution < 1.29 is 13.5 Å². The lowest BCUT2D eigenvalue weighted by molar-refractivity contribution is 0.302. The molecule has 0 rings (SSSR count). The van der Waals surface area contributed by atoms with Crippen molar-refractivity contribution in [2.75, 3.05) is 20.7 Å². The maximum atomic E-state index is 12.0. The van der Waals surface area contributed by atoms with Crippen molar-refractivity contribution in [3.05, 3.63) is 35.3 Å². The van der Waals surface area contributed by atoms with E-state index in [1.54, 1.807) is 6.08 Å². The number of allylic oxidation sites excluding steroid dienone is 5. The van der Waals surface area contributed by atoms with Crippen LogP contribution in [0.3, 0.4) is 0 Å². The Labute approximate surface area is 110 Å². The minimum absolute atomic E-state index is 0.0408. The smallest absolute Gasteiger partial charge is 0.238 e. The van der Waals surface area contributed by atoms with Crippen molar-refractivity contribution in [2.45, 2.75) is 26.2 Å². The predicted octanol–water partition coefficient (Wildman–Crippen LogP) is 2.06. The van der Waals surface area contributed by atoms with Gasteiger partial charge in [-0.2, -0.15) is 0 Å². The van der Waals surface area contributed by atoms with Crippen LogP contribution in [0.1, 0.15) is 26.2 Å². The first-order chi connectivity index (χ1) is 8.46. The van der Waals surface area contributed by atoms with Crippen LogP contribution in [0.2, 0.25) is 0 Å². The number of nitrogens with zero attached hydrogens (tertiary/aromatic N) is 1. The van der Waals surface area contributed by atoms with Crippen LogP contribution in [0.5, 0.6) is 0 Å². The Bertz CT molecular complexity index is 406. The minimum atomic E-state index is -3.37. The van der Waals surface area contributed by atoms with Crippen molar-refractivity contribution in [1.82, 2.24) is 4.31 Å². The molecule has 0 spiro atoms. The van der Waals surface area contributed by atoms with Crippen LogP contribution in [-0.2, 0) is 10.0 Å². The molecule has 0 bridgehead atoms. The van der Waals surface area contributed by atoms with Gasteiger partial charge in [0.15, 0.2) is 0 Å². The molecular formula is C13H23NO3S. The second-order valence-corrected chi connectivity index (χ2v) is 6.17. The Kier molecular flexibility index (Phi) is 8.62. The highest BCUT2D eigenvalue weighted by Crippen LogP contribution is 2.17. The molecule has 0 aliphatic heterocycles. The Balaban J connectivity index is 4.72. The summed E-state index contributed by atoms with van der Waals surface area (Å²) < 4.78 is 25.2. The molecule has 0 aliphatic rings. The summed E-state index contributed by atoms with van der Waals surface area (Å²) in [6, 6.07) is 0. The molecule has 0 heterocycles. The average Bonchev–Trinajstić information content (AvgIpc) is 2.32. The van der Waals surface area contributed by atoms with E-state index in [4.69, 9.17) is 5.11 Å². The van der Waals surface area contributed by atoms with E-state index in [1.807, 2.05) is 31.2 Å². The molecular weight excluding hydrogens is 250 g/mol. The normalized spacial score (nSPS) is 14.2. The fourth-order valence-electron chi connectivity index (χ4n) is 1.31. The average molecular weight is 273 g/mol. The van der Waals surface area contributed by atoms with E-state index in [0.29, 0.717) is 24.2 Å². The summed E-state index contributed by atoms with van der Waals surface area (Å²) in [6.45, 7) is 1.88. The molecule has 18 heavy (non-hydrogen) atoms. The SMILES string of the molecule is CC=CC=CCCC(=CCCO)S(=O)(=O)N(C)C. The van der Waals surface area contributed by atoms with E-state index < -0.39 is 10.0 Å². The van der Waals surface area contributed by atoms with Gasteiger partial charge in [0.25, 0.3) is 0 Å². The molecule has 1 N–H and O–H groups in total. The van der Waals surface area contributed by atoms with Crippen molar-refractivity contribution in [2.24, 2.45) is 0 Å². The predicted molar refractivity (Wildman–Crippen MR) is 75.6 cm³/mol. The molecule has 0 unspecified atom stereocenters. The van der Waals surface area contributed by atoms with Crippen LogP contribution in [-0.4, -0.2) is 38.5 Å². The van der Waals surface area contributed by atoms with E-state index >= 15 is 0 Å². The summed E-state index contributed by atoms with van der Waals surface area (Å²) in [6.07, 6.45) is 10.7. The molecule has 0 aromatic rings. The van der Waals surface area contributed by atoms with Gasteiger partial charge in [0.1, 0.15) is 0 Å². The molecule has 0 saturated heterocycles. The molecule has 0 saturated carbocycles. The van der Waals surface area contributed by atoms with Gasteiger partial charge in [-0.05, 0) is 26.2 Å². The first-order valence-corrected chi connectivity index (χ1v) is 7.41. The third kappa shape index (κ3) is 6.14. The zero-order valence-electron chi connectivity index (χ0n) is 11.3. The van der Waals surface area contributed by atoms with Gasteiger partial charge in [0.2, 0.25) is 10.0 Å². The number of aliphatic hydroxyl groups is 1. The van der Waals surface area contributed by atoms with E-state index in [2.05, 4.69) is 0 Å². The number of aliphatic hydroxyl groups excluding tert-OH is 1. The van der Waals surface area contributed by atoms with E-state index in [-0.39, 0.29) is 6.61 Å². The number of hydrogen-bond acceptors (Lipinski definition) is 3. The molecule has 4 nitrogen and oxygen atoms in total. The minimum Gasteiger partial charge on any atom is -0.396 e. The molecule has 0 radical (unpaired) electrons. The summed E-state index contributed by atoms with van der Waals surface area (Å²) in [5.41, 5.74) is 0. The zero-order valence-corrected chi connectivity index (χ0v) is 12.2. The van der Waals surface area contributed by atoms with Gasteiger partial charge in [-0.25, -0.2) is 12.7 Å². The molecule has 0 aromatic heterocycles. The molecule has 0 aliphatic carbocycles. The quantitative estimate of drug-likeness (QED) is 0.689. The van der Waals surface area contributed by atoms with Crippen molar-refractivity contribution in [3.8, 4) is 0 Å². The van der Waals surface area contributed by atoms with Gasteiger partial charge in [0.05, 0.1) is 4.91 Å². The molecule has 0 amide bonds. The van der Waals surface area contributed by atoms with Crippen molar-refractivity contribution in [3.63, 3.8) is 0 Å². The van der Waals surface area contributed by atoms with Crippen LogP contribution in [0.4, 0.5) is 0 Å². The van der Waals surface area contributed by atoms with Crippen LogP contribution in [0, 0.1) is 0 Å². The third-order valence-corrected chi connectivity index (χ3v) is 4.31. The summed E-state index contributed by atoms with van der Waals surface area (Å²) in [5.74, 6) is 0. The molecule has 5 heteroatoms. The van der Waals surface area contributed by atoms with Crippen LogP contribution < -0.4 is 0 Å². The summed E-state index contributed by atoms with van der Waals surface area (Å²) in [5, 5.41) is 8.78. The highest BCUT2D eigenvalue weighted by atomic mass is 32.2. The largest absolute Gasteiger partial charge is 0.396 e. The fourth-order valence-corrected chi connectivity index (χ4v) is 2.48. The second-order valence-electron chi connectivity index (χ2n) is 3.96. The Morgan fingerprint density at radius 1 is 1.22 bits per heavy atom. The van der Waals surface area contributed by atoms with Crippen LogP contribution >= 0.6 is 0 Å². The Morgan fingerprint density at radius 2 is 1.89 bits per heavy atom. The zero-order chi connectivity index (χ0) is 14.0. The monoisotopic (exact) mass is 273 g/mol. The number of sulfonamides is 1. The van der Waals surface area contributed by atoms with Gasteiger partial charge in [0, 0.05) is 20.7 Å². The van der Waals surface area contributed by atoms with Crippen molar-refractivity contribution >= 4 is 10.0 Å². The lowest BCUT2D eigenvalue weighted by Crippen LogP contribution is -2.23. The highest BCUT2D eigenvalue weighted by molar-refractivity contribution is 7.92. The van der Waals surface area contributed by atoms with Crippen LogP contribution in [0.15, 0.2) is 35.3 Å². The fraction of sp³-hybridized carbons (Fsp3) is 0.538. The van der Waals surface area contributed by atoms with E-state index in [9.17, 15) is 8.42 Å². The maximum absolute atomic E-state index is 12.0. The lowest BCUT2D eigenvalue weighted by Gasteiger charge is -2.14.